The van der Waals surface area contributed by atoms with Gasteiger partial charge in [0.25, 0.3) is 0 Å². The van der Waals surface area contributed by atoms with E-state index in [0.29, 0.717) is 0 Å². The molecular formula is C18H38N5O13P. The smallest absolute Gasteiger partial charge is 0.394 e. The Labute approximate surface area is 211 Å². The lowest BCUT2D eigenvalue weighted by Gasteiger charge is -2.48. The standard InChI is InChI=1S/C18H38N5O13P/c19-2-6-11(26)16(36-37(29,30)31)9(23)17(32-6)34-14-4(20)1-5(21)15(13(14)28)35-18-12(27)8(22)10(25)7(3-24)33-18/h4-18,24-28H,1-3,19-23H2,(H2,29,30,31). The van der Waals surface area contributed by atoms with Gasteiger partial charge >= 0.3 is 7.82 Å². The van der Waals surface area contributed by atoms with Gasteiger partial charge in [-0.2, -0.15) is 0 Å². The van der Waals surface area contributed by atoms with Crippen molar-refractivity contribution >= 4 is 7.82 Å². The molecular weight excluding hydrogens is 525 g/mol. The summed E-state index contributed by atoms with van der Waals surface area (Å²) in [5.41, 5.74) is 29.7. The van der Waals surface area contributed by atoms with Crippen LogP contribution in [0.25, 0.3) is 0 Å². The van der Waals surface area contributed by atoms with Crippen LogP contribution < -0.4 is 28.7 Å². The van der Waals surface area contributed by atoms with Crippen molar-refractivity contribution in [1.29, 1.82) is 0 Å². The Morgan fingerprint density at radius 1 is 0.757 bits per heavy atom. The molecule has 2 saturated heterocycles. The summed E-state index contributed by atoms with van der Waals surface area (Å²) in [6.07, 6.45) is -15.6. The zero-order chi connectivity index (χ0) is 27.8. The Morgan fingerprint density at radius 2 is 1.30 bits per heavy atom. The first-order valence-electron chi connectivity index (χ1n) is 11.6. The summed E-state index contributed by atoms with van der Waals surface area (Å²) in [4.78, 5) is 18.4. The molecule has 2 aliphatic heterocycles. The van der Waals surface area contributed by atoms with Gasteiger partial charge in [0.15, 0.2) is 12.6 Å². The van der Waals surface area contributed by atoms with Gasteiger partial charge < -0.3 is 82.9 Å². The van der Waals surface area contributed by atoms with Gasteiger partial charge in [-0.05, 0) is 6.42 Å². The summed E-state index contributed by atoms with van der Waals surface area (Å²) in [7, 11) is -5.09. The van der Waals surface area contributed by atoms with Gasteiger partial charge in [0.05, 0.1) is 18.7 Å². The molecule has 15 atom stereocenters. The molecule has 0 aromatic rings. The first-order valence-corrected chi connectivity index (χ1v) is 13.1. The van der Waals surface area contributed by atoms with Crippen molar-refractivity contribution < 1.29 is 63.4 Å². The fourth-order valence-corrected chi connectivity index (χ4v) is 5.31. The maximum atomic E-state index is 11.4. The van der Waals surface area contributed by atoms with Gasteiger partial charge in [0, 0.05) is 18.6 Å². The molecule has 17 N–H and O–H groups in total. The molecule has 15 unspecified atom stereocenters. The third-order valence-electron chi connectivity index (χ3n) is 6.79. The van der Waals surface area contributed by atoms with Crippen LogP contribution in [0.1, 0.15) is 6.42 Å². The molecule has 0 aromatic heterocycles. The highest BCUT2D eigenvalue weighted by atomic mass is 31.2. The minimum absolute atomic E-state index is 0.0284. The normalized spacial score (nSPS) is 49.7. The number of phosphoric acid groups is 1. The fourth-order valence-electron chi connectivity index (χ4n) is 4.72. The number of rotatable bonds is 8. The van der Waals surface area contributed by atoms with Gasteiger partial charge in [0.1, 0.15) is 54.9 Å². The molecule has 0 spiro atoms. The molecule has 0 amide bonds. The monoisotopic (exact) mass is 563 g/mol. The molecule has 218 valence electrons. The van der Waals surface area contributed by atoms with E-state index < -0.39 is 106 Å². The summed E-state index contributed by atoms with van der Waals surface area (Å²) >= 11 is 0. The Kier molecular flexibility index (Phi) is 10.4. The molecule has 18 nitrogen and oxygen atoms in total. The van der Waals surface area contributed by atoms with E-state index in [0.717, 1.165) is 0 Å². The summed E-state index contributed by atoms with van der Waals surface area (Å²) in [6, 6.07) is -4.48. The molecule has 0 aromatic carbocycles. The average molecular weight is 563 g/mol. The van der Waals surface area contributed by atoms with Gasteiger partial charge in [-0.3, -0.25) is 4.52 Å². The van der Waals surface area contributed by atoms with Crippen molar-refractivity contribution in [3.05, 3.63) is 0 Å². The summed E-state index contributed by atoms with van der Waals surface area (Å²) in [5, 5.41) is 51.3. The Bertz CT molecular complexity index is 797. The summed E-state index contributed by atoms with van der Waals surface area (Å²) in [6.45, 7) is -0.917. The van der Waals surface area contributed by atoms with Gasteiger partial charge in [-0.15, -0.1) is 0 Å². The minimum atomic E-state index is -5.09. The molecule has 0 radical (unpaired) electrons. The minimum Gasteiger partial charge on any atom is -0.394 e. The maximum absolute atomic E-state index is 11.4. The molecule has 3 rings (SSSR count). The summed E-state index contributed by atoms with van der Waals surface area (Å²) < 4.78 is 38.5. The van der Waals surface area contributed by atoms with Crippen LogP contribution in [0.5, 0.6) is 0 Å². The third kappa shape index (κ3) is 6.83. The van der Waals surface area contributed by atoms with Crippen LogP contribution in [-0.2, 0) is 28.0 Å². The quantitative estimate of drug-likeness (QED) is 0.122. The number of nitrogens with two attached hydrogens (primary N) is 5. The SMILES string of the molecule is NCC1OC(OC2C(N)CC(N)C(OC3OC(CO)C(O)C(N)C3O)C2O)C(N)C(OP(=O)(O)O)C1O. The number of phosphoric ester groups is 1. The first kappa shape index (κ1) is 31.1. The molecule has 37 heavy (non-hydrogen) atoms. The van der Waals surface area contributed by atoms with Crippen molar-refractivity contribution in [3.8, 4) is 0 Å². The highest BCUT2D eigenvalue weighted by Gasteiger charge is 2.52. The van der Waals surface area contributed by atoms with E-state index in [1.807, 2.05) is 0 Å². The van der Waals surface area contributed by atoms with Crippen LogP contribution in [0.15, 0.2) is 0 Å². The molecule has 2 heterocycles. The number of ether oxygens (including phenoxy) is 4. The van der Waals surface area contributed by atoms with Crippen LogP contribution in [-0.4, -0.2) is 140 Å². The van der Waals surface area contributed by atoms with E-state index in [4.69, 9.17) is 47.6 Å². The lowest BCUT2D eigenvalue weighted by molar-refractivity contribution is -0.318. The van der Waals surface area contributed by atoms with Gasteiger partial charge in [-0.1, -0.05) is 0 Å². The highest BCUT2D eigenvalue weighted by molar-refractivity contribution is 7.46. The first-order chi connectivity index (χ1) is 17.2. The second-order valence-corrected chi connectivity index (χ2v) is 10.6. The zero-order valence-electron chi connectivity index (χ0n) is 19.7. The van der Waals surface area contributed by atoms with E-state index in [1.165, 1.54) is 0 Å². The largest absolute Gasteiger partial charge is 0.470 e. The van der Waals surface area contributed by atoms with E-state index in [1.54, 1.807) is 0 Å². The van der Waals surface area contributed by atoms with Crippen LogP contribution >= 0.6 is 7.82 Å². The second kappa shape index (κ2) is 12.4. The lowest BCUT2D eigenvalue weighted by atomic mass is 9.84. The summed E-state index contributed by atoms with van der Waals surface area (Å²) in [5.74, 6) is 0. The molecule has 3 fully saturated rings. The van der Waals surface area contributed by atoms with E-state index in [-0.39, 0.29) is 13.0 Å². The number of aliphatic hydroxyl groups excluding tert-OH is 5. The van der Waals surface area contributed by atoms with Crippen LogP contribution in [0.3, 0.4) is 0 Å². The van der Waals surface area contributed by atoms with E-state index in [2.05, 4.69) is 4.52 Å². The maximum Gasteiger partial charge on any atom is 0.470 e. The zero-order valence-corrected chi connectivity index (χ0v) is 20.6. The topological polar surface area (TPSA) is 335 Å². The van der Waals surface area contributed by atoms with Crippen molar-refractivity contribution in [3.63, 3.8) is 0 Å². The number of hydrogen-bond acceptors (Lipinski definition) is 16. The number of aliphatic hydroxyl groups is 5. The van der Waals surface area contributed by atoms with E-state index >= 15 is 0 Å². The van der Waals surface area contributed by atoms with Gasteiger partial charge in [0.2, 0.25) is 0 Å². The van der Waals surface area contributed by atoms with Crippen LogP contribution in [0, 0.1) is 0 Å². The van der Waals surface area contributed by atoms with Crippen molar-refractivity contribution in [1.82, 2.24) is 0 Å². The second-order valence-electron chi connectivity index (χ2n) is 9.45. The molecule has 1 saturated carbocycles. The Balaban J connectivity index is 1.76. The lowest BCUT2D eigenvalue weighted by Crippen LogP contribution is -2.69. The Hall–Kier alpha value is -0.450. The molecule has 19 heteroatoms. The van der Waals surface area contributed by atoms with Crippen LogP contribution in [0.4, 0.5) is 0 Å². The third-order valence-corrected chi connectivity index (χ3v) is 7.31. The van der Waals surface area contributed by atoms with Crippen LogP contribution in [0.2, 0.25) is 0 Å². The number of hydrogen-bond donors (Lipinski definition) is 12. The van der Waals surface area contributed by atoms with Crippen molar-refractivity contribution in [2.45, 2.75) is 98.1 Å². The Morgan fingerprint density at radius 3 is 1.81 bits per heavy atom. The fraction of sp³-hybridized carbons (Fsp3) is 1.00. The molecule has 1 aliphatic carbocycles. The molecule has 3 aliphatic rings. The highest BCUT2D eigenvalue weighted by Crippen LogP contribution is 2.41. The van der Waals surface area contributed by atoms with Crippen molar-refractivity contribution in [2.24, 2.45) is 28.7 Å². The van der Waals surface area contributed by atoms with Gasteiger partial charge in [-0.25, -0.2) is 4.57 Å². The van der Waals surface area contributed by atoms with E-state index in [9.17, 15) is 39.9 Å². The van der Waals surface area contributed by atoms with Crippen molar-refractivity contribution in [2.75, 3.05) is 13.2 Å². The average Bonchev–Trinajstić information content (AvgIpc) is 2.82. The molecule has 0 bridgehead atoms. The predicted molar refractivity (Wildman–Crippen MR) is 121 cm³/mol. The predicted octanol–water partition coefficient (Wildman–Crippen LogP) is -7.21.